The molecule has 0 spiro atoms. The van der Waals surface area contributed by atoms with Crippen LogP contribution in [0.4, 0.5) is 0 Å². The minimum Gasteiger partial charge on any atom is -0.356 e. The van der Waals surface area contributed by atoms with E-state index in [1.54, 1.807) is 6.07 Å². The fourth-order valence-electron chi connectivity index (χ4n) is 4.02. The standard InChI is InChI=1S/C22H25ClN4O4/c23-11-18(28)16(10-14-7-8-24-20(14)29)26-22(31)19(12-5-6-12)27-21(30)17-9-13-3-1-2-4-15(13)25-17/h1-4,9,12,14,16,19,25H,5-8,10-11H2,(H,24,29)(H,26,31)(H,27,30)/t14-,16-,19-/m0/s1. The van der Waals surface area contributed by atoms with Gasteiger partial charge in [-0.1, -0.05) is 18.2 Å². The Hall–Kier alpha value is -2.87. The number of aromatic amines is 1. The number of ketones is 1. The molecule has 1 aliphatic heterocycles. The highest BCUT2D eigenvalue weighted by Crippen LogP contribution is 2.33. The van der Waals surface area contributed by atoms with Crippen LogP contribution in [0.2, 0.25) is 0 Å². The second-order valence-electron chi connectivity index (χ2n) is 8.23. The molecule has 1 aromatic carbocycles. The molecule has 2 fully saturated rings. The van der Waals surface area contributed by atoms with E-state index in [-0.39, 0.29) is 41.7 Å². The molecule has 2 aromatic rings. The number of fused-ring (bicyclic) bond motifs is 1. The van der Waals surface area contributed by atoms with E-state index in [4.69, 9.17) is 11.6 Å². The summed E-state index contributed by atoms with van der Waals surface area (Å²) in [5, 5.41) is 9.20. The van der Waals surface area contributed by atoms with Gasteiger partial charge < -0.3 is 20.9 Å². The molecule has 2 aliphatic rings. The van der Waals surface area contributed by atoms with Crippen LogP contribution in [0.15, 0.2) is 30.3 Å². The van der Waals surface area contributed by atoms with Crippen molar-refractivity contribution in [3.63, 3.8) is 0 Å². The molecule has 3 amide bonds. The largest absolute Gasteiger partial charge is 0.356 e. The first kappa shape index (κ1) is 21.4. The van der Waals surface area contributed by atoms with Crippen molar-refractivity contribution < 1.29 is 19.2 Å². The fraction of sp³-hybridized carbons (Fsp3) is 0.455. The minimum atomic E-state index is -0.856. The van der Waals surface area contributed by atoms with Gasteiger partial charge in [0.1, 0.15) is 11.7 Å². The van der Waals surface area contributed by atoms with Crippen LogP contribution < -0.4 is 16.0 Å². The van der Waals surface area contributed by atoms with Crippen molar-refractivity contribution in [1.29, 1.82) is 0 Å². The summed E-state index contributed by atoms with van der Waals surface area (Å²) in [5.74, 6) is -1.83. The van der Waals surface area contributed by atoms with E-state index >= 15 is 0 Å². The molecule has 4 rings (SSSR count). The number of alkyl halides is 1. The summed E-state index contributed by atoms with van der Waals surface area (Å²) >= 11 is 5.73. The number of hydrogen-bond acceptors (Lipinski definition) is 4. The number of carbonyl (C=O) groups excluding carboxylic acids is 4. The van der Waals surface area contributed by atoms with Crippen LogP contribution >= 0.6 is 11.6 Å². The van der Waals surface area contributed by atoms with Gasteiger partial charge in [0, 0.05) is 23.4 Å². The number of halogens is 1. The Morgan fingerprint density at radius 2 is 1.90 bits per heavy atom. The second kappa shape index (κ2) is 9.09. The lowest BCUT2D eigenvalue weighted by Gasteiger charge is -2.23. The minimum absolute atomic E-state index is 0.0230. The van der Waals surface area contributed by atoms with Crippen molar-refractivity contribution in [3.8, 4) is 0 Å². The molecule has 1 saturated carbocycles. The first-order valence-corrected chi connectivity index (χ1v) is 11.0. The van der Waals surface area contributed by atoms with E-state index < -0.39 is 18.0 Å². The summed E-state index contributed by atoms with van der Waals surface area (Å²) in [4.78, 5) is 53.1. The second-order valence-corrected chi connectivity index (χ2v) is 8.50. The highest BCUT2D eigenvalue weighted by atomic mass is 35.5. The molecule has 9 heteroatoms. The van der Waals surface area contributed by atoms with Gasteiger partial charge in [0.05, 0.1) is 11.9 Å². The zero-order chi connectivity index (χ0) is 22.0. The predicted octanol–water partition coefficient (Wildman–Crippen LogP) is 1.50. The maximum Gasteiger partial charge on any atom is 0.268 e. The van der Waals surface area contributed by atoms with Gasteiger partial charge in [0.2, 0.25) is 11.8 Å². The molecule has 31 heavy (non-hydrogen) atoms. The third-order valence-corrected chi connectivity index (χ3v) is 6.22. The summed E-state index contributed by atoms with van der Waals surface area (Å²) in [6.07, 6.45) is 2.47. The highest BCUT2D eigenvalue weighted by Gasteiger charge is 2.39. The number of nitrogens with one attached hydrogen (secondary N) is 4. The van der Waals surface area contributed by atoms with Gasteiger partial charge in [-0.05, 0) is 43.7 Å². The summed E-state index contributed by atoms with van der Waals surface area (Å²) in [7, 11) is 0. The summed E-state index contributed by atoms with van der Waals surface area (Å²) in [6.45, 7) is 0.560. The Bertz CT molecular complexity index is 983. The number of para-hydroxylation sites is 1. The van der Waals surface area contributed by atoms with E-state index in [0.29, 0.717) is 18.7 Å². The number of benzene rings is 1. The molecule has 8 nitrogen and oxygen atoms in total. The molecule has 1 aromatic heterocycles. The van der Waals surface area contributed by atoms with Crippen LogP contribution in [0.1, 0.15) is 36.2 Å². The zero-order valence-electron chi connectivity index (χ0n) is 16.9. The number of amides is 3. The van der Waals surface area contributed by atoms with E-state index in [1.807, 2.05) is 24.3 Å². The van der Waals surface area contributed by atoms with Crippen molar-refractivity contribution in [2.75, 3.05) is 12.4 Å². The molecule has 2 heterocycles. The summed E-state index contributed by atoms with van der Waals surface area (Å²) in [5.41, 5.74) is 1.21. The molecule has 3 atom stereocenters. The molecule has 1 aliphatic carbocycles. The average Bonchev–Trinajstić information content (AvgIpc) is 3.38. The number of carbonyl (C=O) groups is 4. The van der Waals surface area contributed by atoms with Gasteiger partial charge >= 0.3 is 0 Å². The quantitative estimate of drug-likeness (QED) is 0.438. The number of aromatic nitrogens is 1. The van der Waals surface area contributed by atoms with Crippen LogP contribution in [-0.2, 0) is 14.4 Å². The van der Waals surface area contributed by atoms with Crippen LogP contribution in [0, 0.1) is 11.8 Å². The molecule has 0 bridgehead atoms. The number of H-pyrrole nitrogens is 1. The first-order chi connectivity index (χ1) is 15.0. The molecule has 0 radical (unpaired) electrons. The van der Waals surface area contributed by atoms with Gasteiger partial charge in [0.15, 0.2) is 5.78 Å². The Labute approximate surface area is 184 Å². The van der Waals surface area contributed by atoms with Crippen molar-refractivity contribution in [3.05, 3.63) is 36.0 Å². The Balaban J connectivity index is 1.45. The van der Waals surface area contributed by atoms with Crippen LogP contribution in [-0.4, -0.2) is 53.0 Å². The normalized spacial score (nSPS) is 20.2. The van der Waals surface area contributed by atoms with Gasteiger partial charge in [0.25, 0.3) is 5.91 Å². The molecule has 4 N–H and O–H groups in total. The van der Waals surface area contributed by atoms with E-state index in [0.717, 1.165) is 23.7 Å². The van der Waals surface area contributed by atoms with Gasteiger partial charge in [-0.2, -0.15) is 0 Å². The third kappa shape index (κ3) is 4.90. The lowest BCUT2D eigenvalue weighted by atomic mass is 9.95. The van der Waals surface area contributed by atoms with Crippen molar-refractivity contribution in [2.45, 2.75) is 37.8 Å². The Kier molecular flexibility index (Phi) is 6.27. The van der Waals surface area contributed by atoms with Crippen LogP contribution in [0.3, 0.4) is 0 Å². The smallest absolute Gasteiger partial charge is 0.268 e. The van der Waals surface area contributed by atoms with Crippen LogP contribution in [0.25, 0.3) is 10.9 Å². The van der Waals surface area contributed by atoms with Gasteiger partial charge in [-0.25, -0.2) is 0 Å². The topological polar surface area (TPSA) is 120 Å². The number of hydrogen-bond donors (Lipinski definition) is 4. The molecular weight excluding hydrogens is 420 g/mol. The van der Waals surface area contributed by atoms with Crippen molar-refractivity contribution in [1.82, 2.24) is 20.9 Å². The Morgan fingerprint density at radius 3 is 2.55 bits per heavy atom. The van der Waals surface area contributed by atoms with Crippen LogP contribution in [0.5, 0.6) is 0 Å². The third-order valence-electron chi connectivity index (χ3n) is 5.96. The molecule has 164 valence electrons. The van der Waals surface area contributed by atoms with Crippen molar-refractivity contribution >= 4 is 46.0 Å². The fourth-order valence-corrected chi connectivity index (χ4v) is 4.21. The molecular formula is C22H25ClN4O4. The average molecular weight is 445 g/mol. The lowest BCUT2D eigenvalue weighted by Crippen LogP contribution is -2.53. The number of Topliss-reactive ketones (excluding diaryl/α,β-unsaturated/α-hetero) is 1. The van der Waals surface area contributed by atoms with Crippen molar-refractivity contribution in [2.24, 2.45) is 11.8 Å². The highest BCUT2D eigenvalue weighted by molar-refractivity contribution is 6.28. The SMILES string of the molecule is O=C(N[C@H](C(=O)N[C@@H](C[C@@H]1CCNC1=O)C(=O)CCl)C1CC1)c1cc2ccccc2[nH]1. The van der Waals surface area contributed by atoms with Gasteiger partial charge in [-0.3, -0.25) is 19.2 Å². The van der Waals surface area contributed by atoms with E-state index in [1.165, 1.54) is 0 Å². The Morgan fingerprint density at radius 1 is 1.13 bits per heavy atom. The lowest BCUT2D eigenvalue weighted by molar-refractivity contribution is -0.129. The summed E-state index contributed by atoms with van der Waals surface area (Å²) in [6, 6.07) is 7.67. The maximum absolute atomic E-state index is 13.0. The molecule has 0 unspecified atom stereocenters. The summed E-state index contributed by atoms with van der Waals surface area (Å²) < 4.78 is 0. The molecule has 1 saturated heterocycles. The monoisotopic (exact) mass is 444 g/mol. The zero-order valence-corrected chi connectivity index (χ0v) is 17.7. The maximum atomic E-state index is 13.0. The van der Waals surface area contributed by atoms with Gasteiger partial charge in [-0.15, -0.1) is 11.6 Å². The van der Waals surface area contributed by atoms with E-state index in [2.05, 4.69) is 20.9 Å². The van der Waals surface area contributed by atoms with E-state index in [9.17, 15) is 19.2 Å². The predicted molar refractivity (Wildman–Crippen MR) is 116 cm³/mol. The first-order valence-electron chi connectivity index (χ1n) is 10.5. The number of rotatable bonds is 9.